The fourth-order valence-corrected chi connectivity index (χ4v) is 5.92. The van der Waals surface area contributed by atoms with Crippen LogP contribution in [0.4, 0.5) is 0 Å². The Morgan fingerprint density at radius 3 is 2.50 bits per heavy atom. The molecule has 4 aromatic heterocycles. The number of H-pyrrole nitrogens is 1. The molecule has 6 rings (SSSR count). The first-order valence-corrected chi connectivity index (χ1v) is 12.3. The maximum atomic E-state index is 11.9. The van der Waals surface area contributed by atoms with Gasteiger partial charge in [0, 0.05) is 28.8 Å². The van der Waals surface area contributed by atoms with Gasteiger partial charge in [-0.05, 0) is 18.9 Å². The Hall–Kier alpha value is -3.59. The van der Waals surface area contributed by atoms with Gasteiger partial charge in [0.15, 0.2) is 11.3 Å². The maximum Gasteiger partial charge on any atom is 0.165 e. The monoisotopic (exact) mass is 444 g/mol. The first-order valence-electron chi connectivity index (χ1n) is 10.5. The Labute approximate surface area is 184 Å². The summed E-state index contributed by atoms with van der Waals surface area (Å²) in [4.78, 5) is 9.62. The van der Waals surface area contributed by atoms with Crippen LogP contribution in [0.15, 0.2) is 61.1 Å². The van der Waals surface area contributed by atoms with Crippen molar-refractivity contribution in [1.82, 2.24) is 29.8 Å². The van der Waals surface area contributed by atoms with E-state index in [0.29, 0.717) is 18.5 Å². The smallest absolute Gasteiger partial charge is 0.165 e. The molecule has 0 unspecified atom stereocenters. The van der Waals surface area contributed by atoms with Gasteiger partial charge in [-0.3, -0.25) is 10.1 Å². The average molecular weight is 445 g/mol. The molecule has 0 saturated carbocycles. The number of fused-ring (bicyclic) bond motifs is 3. The third kappa shape index (κ3) is 3.16. The summed E-state index contributed by atoms with van der Waals surface area (Å²) in [5.41, 5.74) is 6.11. The summed E-state index contributed by atoms with van der Waals surface area (Å²) in [6.07, 6.45) is 6.52. The van der Waals surface area contributed by atoms with E-state index in [4.69, 9.17) is 4.98 Å². The van der Waals surface area contributed by atoms with Crippen molar-refractivity contribution in [2.24, 2.45) is 0 Å². The fourth-order valence-electron chi connectivity index (χ4n) is 4.43. The normalized spacial score (nSPS) is 16.6. The molecule has 160 valence electrons. The summed E-state index contributed by atoms with van der Waals surface area (Å²) in [6, 6.07) is 14.1. The minimum absolute atomic E-state index is 0.0740. The molecule has 32 heavy (non-hydrogen) atoms. The minimum Gasteiger partial charge on any atom is -0.261 e. The van der Waals surface area contributed by atoms with Crippen LogP contribution in [-0.2, 0) is 9.84 Å². The molecule has 0 spiro atoms. The molecule has 1 aliphatic rings. The largest absolute Gasteiger partial charge is 0.261 e. The van der Waals surface area contributed by atoms with Crippen LogP contribution >= 0.6 is 0 Å². The van der Waals surface area contributed by atoms with E-state index >= 15 is 0 Å². The van der Waals surface area contributed by atoms with E-state index in [2.05, 4.69) is 20.3 Å². The molecular formula is C23H20N6O2S. The Morgan fingerprint density at radius 2 is 1.75 bits per heavy atom. The zero-order valence-corrected chi connectivity index (χ0v) is 18.0. The number of nitrogens with one attached hydrogen (secondary N) is 1. The van der Waals surface area contributed by atoms with E-state index in [1.807, 2.05) is 48.7 Å². The maximum absolute atomic E-state index is 11.9. The molecule has 5 aromatic rings. The molecule has 1 aliphatic heterocycles. The number of hydrogen-bond donors (Lipinski definition) is 1. The molecule has 0 amide bonds. The van der Waals surface area contributed by atoms with Crippen LogP contribution in [0.25, 0.3) is 39.1 Å². The van der Waals surface area contributed by atoms with Crippen LogP contribution in [0.1, 0.15) is 24.5 Å². The summed E-state index contributed by atoms with van der Waals surface area (Å²) < 4.78 is 25.6. The summed E-state index contributed by atoms with van der Waals surface area (Å²) in [5, 5.41) is 12.7. The molecule has 1 saturated heterocycles. The van der Waals surface area contributed by atoms with Gasteiger partial charge in [-0.25, -0.2) is 13.4 Å². The molecule has 1 N–H and O–H groups in total. The van der Waals surface area contributed by atoms with Crippen molar-refractivity contribution in [3.63, 3.8) is 0 Å². The molecule has 0 atom stereocenters. The van der Waals surface area contributed by atoms with Crippen LogP contribution in [0.5, 0.6) is 0 Å². The van der Waals surface area contributed by atoms with Crippen LogP contribution in [-0.4, -0.2) is 49.7 Å². The van der Waals surface area contributed by atoms with E-state index in [0.717, 1.165) is 39.1 Å². The third-order valence-corrected chi connectivity index (χ3v) is 7.88. The molecule has 1 aromatic carbocycles. The summed E-state index contributed by atoms with van der Waals surface area (Å²) in [7, 11) is -2.95. The predicted octanol–water partition coefficient (Wildman–Crippen LogP) is 3.63. The zero-order valence-electron chi connectivity index (χ0n) is 17.1. The second kappa shape index (κ2) is 7.23. The van der Waals surface area contributed by atoms with Gasteiger partial charge in [0.05, 0.1) is 40.7 Å². The number of benzene rings is 1. The number of pyridine rings is 1. The summed E-state index contributed by atoms with van der Waals surface area (Å²) in [5.74, 6) is 0.465. The van der Waals surface area contributed by atoms with Crippen LogP contribution < -0.4 is 0 Å². The van der Waals surface area contributed by atoms with Crippen molar-refractivity contribution in [2.45, 2.75) is 18.8 Å². The van der Waals surface area contributed by atoms with Crippen LogP contribution in [0.2, 0.25) is 0 Å². The Balaban J connectivity index is 1.45. The quantitative estimate of drug-likeness (QED) is 0.456. The Morgan fingerprint density at radius 1 is 0.938 bits per heavy atom. The Bertz CT molecular complexity index is 1520. The van der Waals surface area contributed by atoms with Gasteiger partial charge in [-0.15, -0.1) is 0 Å². The van der Waals surface area contributed by atoms with Gasteiger partial charge >= 0.3 is 0 Å². The highest BCUT2D eigenvalue weighted by Gasteiger charge is 2.28. The number of sulfone groups is 1. The van der Waals surface area contributed by atoms with Gasteiger partial charge in [0.2, 0.25) is 0 Å². The number of hydrogen-bond acceptors (Lipinski definition) is 6. The predicted molar refractivity (Wildman–Crippen MR) is 122 cm³/mol. The zero-order chi connectivity index (χ0) is 21.7. The molecule has 1 fully saturated rings. The lowest BCUT2D eigenvalue weighted by molar-refractivity contribution is 0.546. The van der Waals surface area contributed by atoms with E-state index in [-0.39, 0.29) is 17.4 Å². The number of nitrogens with zero attached hydrogens (tertiary/aromatic N) is 5. The highest BCUT2D eigenvalue weighted by Crippen LogP contribution is 2.34. The second-order valence-electron chi connectivity index (χ2n) is 8.15. The van der Waals surface area contributed by atoms with Crippen LogP contribution in [0, 0.1) is 0 Å². The van der Waals surface area contributed by atoms with Crippen molar-refractivity contribution in [2.75, 3.05) is 11.5 Å². The van der Waals surface area contributed by atoms with Crippen molar-refractivity contribution < 1.29 is 8.42 Å². The van der Waals surface area contributed by atoms with Crippen molar-refractivity contribution in [3.8, 4) is 22.4 Å². The van der Waals surface area contributed by atoms with Gasteiger partial charge in [-0.2, -0.15) is 14.7 Å². The lowest BCUT2D eigenvalue weighted by Gasteiger charge is -2.22. The average Bonchev–Trinajstić information content (AvgIpc) is 3.46. The molecule has 8 nitrogen and oxygen atoms in total. The van der Waals surface area contributed by atoms with Crippen molar-refractivity contribution >= 4 is 26.5 Å². The lowest BCUT2D eigenvalue weighted by Crippen LogP contribution is -2.23. The Kier molecular flexibility index (Phi) is 4.32. The highest BCUT2D eigenvalue weighted by atomic mass is 32.2. The van der Waals surface area contributed by atoms with Crippen molar-refractivity contribution in [1.29, 1.82) is 0 Å². The van der Waals surface area contributed by atoms with Gasteiger partial charge < -0.3 is 0 Å². The number of aromatic amines is 1. The van der Waals surface area contributed by atoms with Gasteiger partial charge in [0.1, 0.15) is 9.84 Å². The summed E-state index contributed by atoms with van der Waals surface area (Å²) in [6.45, 7) is 0. The molecular weight excluding hydrogens is 424 g/mol. The second-order valence-corrected chi connectivity index (χ2v) is 10.5. The third-order valence-electron chi connectivity index (χ3n) is 6.16. The minimum atomic E-state index is -2.95. The van der Waals surface area contributed by atoms with Crippen molar-refractivity contribution in [3.05, 3.63) is 66.7 Å². The van der Waals surface area contributed by atoms with E-state index in [1.54, 1.807) is 16.9 Å². The molecule has 0 bridgehead atoms. The molecule has 5 heterocycles. The number of aromatic nitrogens is 6. The first-order chi connectivity index (χ1) is 15.6. The summed E-state index contributed by atoms with van der Waals surface area (Å²) >= 11 is 0. The number of rotatable bonds is 3. The highest BCUT2D eigenvalue weighted by molar-refractivity contribution is 7.91. The fraction of sp³-hybridized carbons (Fsp3) is 0.217. The van der Waals surface area contributed by atoms with E-state index in [1.165, 1.54) is 0 Å². The molecule has 9 heteroatoms. The van der Waals surface area contributed by atoms with Gasteiger partial charge in [-0.1, -0.05) is 36.4 Å². The van der Waals surface area contributed by atoms with E-state index in [9.17, 15) is 8.42 Å². The lowest BCUT2D eigenvalue weighted by atomic mass is 9.96. The standard InChI is InChI=1S/C23H20N6O2S/c30-32(31)10-8-16(9-11-32)21-19-13-25-28-23(19)29-22(27-21)18(14-26-29)17-6-7-20(24-12-17)15-4-2-1-3-5-15/h1-7,12-14,16H,8-11H2,(H,25,28). The van der Waals surface area contributed by atoms with Gasteiger partial charge in [0.25, 0.3) is 0 Å². The molecule has 0 radical (unpaired) electrons. The van der Waals surface area contributed by atoms with E-state index < -0.39 is 9.84 Å². The van der Waals surface area contributed by atoms with Crippen LogP contribution in [0.3, 0.4) is 0 Å². The molecule has 0 aliphatic carbocycles. The topological polar surface area (TPSA) is 106 Å². The first kappa shape index (κ1) is 19.1. The SMILES string of the molecule is O=S1(=O)CCC(c2nc3c(-c4ccc(-c5ccccc5)nc4)cnn3c3[nH]ncc23)CC1.